The van der Waals surface area contributed by atoms with Gasteiger partial charge >= 0.3 is 11.7 Å². The number of nitrogens with zero attached hydrogens (tertiary/aromatic N) is 2. The van der Waals surface area contributed by atoms with Gasteiger partial charge in [-0.3, -0.25) is 19.7 Å². The van der Waals surface area contributed by atoms with Crippen LogP contribution in [0.4, 0.5) is 5.69 Å². The van der Waals surface area contributed by atoms with E-state index in [9.17, 15) is 19.7 Å². The number of nitro groups is 1. The number of amides is 1. The Balaban J connectivity index is 3.19. The molecule has 0 radical (unpaired) electrons. The Kier molecular flexibility index (Phi) is 5.67. The molecular weight excluding hydrogens is 296 g/mol. The Labute approximate surface area is 126 Å². The maximum Gasteiger partial charge on any atom is 0.315 e. The van der Waals surface area contributed by atoms with Crippen molar-refractivity contribution in [3.05, 3.63) is 27.8 Å². The molecular formula is C13H16N2O7. The zero-order chi connectivity index (χ0) is 16.9. The van der Waals surface area contributed by atoms with Gasteiger partial charge in [-0.15, -0.1) is 0 Å². The molecule has 0 saturated heterocycles. The van der Waals surface area contributed by atoms with E-state index in [0.717, 1.165) is 6.07 Å². The lowest BCUT2D eigenvalue weighted by Crippen LogP contribution is -2.29. The summed E-state index contributed by atoms with van der Waals surface area (Å²) < 4.78 is 9.94. The molecule has 9 nitrogen and oxygen atoms in total. The van der Waals surface area contributed by atoms with E-state index in [4.69, 9.17) is 14.6 Å². The maximum atomic E-state index is 12.2. The average molecular weight is 312 g/mol. The molecule has 1 aromatic rings. The fourth-order valence-electron chi connectivity index (χ4n) is 1.79. The zero-order valence-electron chi connectivity index (χ0n) is 12.4. The zero-order valence-corrected chi connectivity index (χ0v) is 12.4. The molecule has 0 atom stereocenters. The molecule has 0 spiro atoms. The number of hydrogen-bond acceptors (Lipinski definition) is 6. The Morgan fingerprint density at radius 2 is 1.95 bits per heavy atom. The number of hydrogen-bond donors (Lipinski definition) is 1. The third-order valence-corrected chi connectivity index (χ3v) is 2.91. The van der Waals surface area contributed by atoms with Crippen LogP contribution in [0.25, 0.3) is 0 Å². The van der Waals surface area contributed by atoms with Crippen molar-refractivity contribution in [1.29, 1.82) is 0 Å². The van der Waals surface area contributed by atoms with Gasteiger partial charge in [-0.25, -0.2) is 0 Å². The number of aliphatic carboxylic acids is 1. The average Bonchev–Trinajstić information content (AvgIpc) is 2.49. The summed E-state index contributed by atoms with van der Waals surface area (Å²) in [6.07, 6.45) is -0.225. The normalized spacial score (nSPS) is 9.95. The van der Waals surface area contributed by atoms with Crippen molar-refractivity contribution in [2.45, 2.75) is 6.42 Å². The van der Waals surface area contributed by atoms with E-state index in [0.29, 0.717) is 0 Å². The van der Waals surface area contributed by atoms with Crippen LogP contribution >= 0.6 is 0 Å². The van der Waals surface area contributed by atoms with Crippen molar-refractivity contribution in [3.63, 3.8) is 0 Å². The lowest BCUT2D eigenvalue weighted by Gasteiger charge is -2.17. The van der Waals surface area contributed by atoms with Gasteiger partial charge in [0.05, 0.1) is 31.1 Å². The molecule has 0 bridgehead atoms. The largest absolute Gasteiger partial charge is 0.493 e. The summed E-state index contributed by atoms with van der Waals surface area (Å²) in [5.74, 6) is -1.63. The number of carbonyl (C=O) groups is 2. The van der Waals surface area contributed by atoms with E-state index in [1.165, 1.54) is 32.2 Å². The molecule has 0 fully saturated rings. The molecule has 1 amide bonds. The second-order valence-corrected chi connectivity index (χ2v) is 4.36. The number of carboxylic acids is 1. The summed E-state index contributed by atoms with van der Waals surface area (Å²) in [6.45, 7) is -0.0176. The summed E-state index contributed by atoms with van der Waals surface area (Å²) in [4.78, 5) is 34.3. The first-order valence-corrected chi connectivity index (χ1v) is 6.19. The smallest absolute Gasteiger partial charge is 0.315 e. The molecule has 9 heteroatoms. The number of carbonyl (C=O) groups excluding carboxylic acids is 1. The standard InChI is InChI=1S/C13H16N2O7/c1-14(5-4-11(16)17)13(18)8-6-9(15(19)20)12(22-3)10(7-8)21-2/h6-7H,4-5H2,1-3H3,(H,16,17). The third-order valence-electron chi connectivity index (χ3n) is 2.91. The number of carboxylic acid groups (broad SMARTS) is 1. The minimum Gasteiger partial charge on any atom is -0.493 e. The fourth-order valence-corrected chi connectivity index (χ4v) is 1.79. The van der Waals surface area contributed by atoms with Gasteiger partial charge in [-0.05, 0) is 6.07 Å². The Hall–Kier alpha value is -2.84. The van der Waals surface area contributed by atoms with E-state index in [2.05, 4.69) is 0 Å². The van der Waals surface area contributed by atoms with Gasteiger partial charge in [0.25, 0.3) is 5.91 Å². The molecule has 0 unspecified atom stereocenters. The highest BCUT2D eigenvalue weighted by molar-refractivity contribution is 5.96. The Morgan fingerprint density at radius 3 is 2.41 bits per heavy atom. The second kappa shape index (κ2) is 7.25. The number of nitro benzene ring substituents is 1. The topological polar surface area (TPSA) is 119 Å². The summed E-state index contributed by atoms with van der Waals surface area (Å²) in [5.41, 5.74) is -0.394. The minimum absolute atomic E-state index is 0.0113. The molecule has 1 aromatic carbocycles. The van der Waals surface area contributed by atoms with Crippen LogP contribution in [0.3, 0.4) is 0 Å². The molecule has 1 rings (SSSR count). The summed E-state index contributed by atoms with van der Waals surface area (Å²) >= 11 is 0. The van der Waals surface area contributed by atoms with Crippen LogP contribution in [-0.4, -0.2) is 54.6 Å². The van der Waals surface area contributed by atoms with Crippen LogP contribution in [0.5, 0.6) is 11.5 Å². The minimum atomic E-state index is -1.04. The molecule has 120 valence electrons. The van der Waals surface area contributed by atoms with Gasteiger partial charge in [0, 0.05) is 19.7 Å². The first-order valence-electron chi connectivity index (χ1n) is 6.19. The van der Waals surface area contributed by atoms with Crippen LogP contribution in [0.15, 0.2) is 12.1 Å². The molecule has 1 N–H and O–H groups in total. The highest BCUT2D eigenvalue weighted by atomic mass is 16.6. The van der Waals surface area contributed by atoms with E-state index in [1.807, 2.05) is 0 Å². The highest BCUT2D eigenvalue weighted by Crippen LogP contribution is 2.38. The molecule has 0 aliphatic rings. The number of ether oxygens (including phenoxy) is 2. The van der Waals surface area contributed by atoms with Crippen molar-refractivity contribution in [2.75, 3.05) is 27.8 Å². The number of rotatable bonds is 7. The van der Waals surface area contributed by atoms with E-state index >= 15 is 0 Å². The second-order valence-electron chi connectivity index (χ2n) is 4.36. The first kappa shape index (κ1) is 17.2. The van der Waals surface area contributed by atoms with Gasteiger partial charge in [0.15, 0.2) is 5.75 Å². The van der Waals surface area contributed by atoms with Crippen LogP contribution in [0.2, 0.25) is 0 Å². The first-order chi connectivity index (χ1) is 10.3. The Bertz CT molecular complexity index is 600. The van der Waals surface area contributed by atoms with Crippen molar-refractivity contribution in [3.8, 4) is 11.5 Å². The van der Waals surface area contributed by atoms with Gasteiger partial charge in [-0.1, -0.05) is 0 Å². The molecule has 0 aliphatic carbocycles. The maximum absolute atomic E-state index is 12.2. The van der Waals surface area contributed by atoms with Crippen LogP contribution in [-0.2, 0) is 4.79 Å². The summed E-state index contributed by atoms with van der Waals surface area (Å²) in [6, 6.07) is 2.38. The lowest BCUT2D eigenvalue weighted by atomic mass is 10.1. The molecule has 0 aliphatic heterocycles. The van der Waals surface area contributed by atoms with Gasteiger partial charge in [-0.2, -0.15) is 0 Å². The summed E-state index contributed by atoms with van der Waals surface area (Å²) in [7, 11) is 3.96. The number of benzene rings is 1. The van der Waals surface area contributed by atoms with Crippen molar-refractivity contribution in [1.82, 2.24) is 4.90 Å². The van der Waals surface area contributed by atoms with Gasteiger partial charge in [0.2, 0.25) is 5.75 Å². The molecule has 0 heterocycles. The number of methoxy groups -OCH3 is 2. The highest BCUT2D eigenvalue weighted by Gasteiger charge is 2.25. The molecule has 0 saturated carbocycles. The Morgan fingerprint density at radius 1 is 1.32 bits per heavy atom. The van der Waals surface area contributed by atoms with Gasteiger partial charge in [0.1, 0.15) is 0 Å². The van der Waals surface area contributed by atoms with Gasteiger partial charge < -0.3 is 19.5 Å². The monoisotopic (exact) mass is 312 g/mol. The van der Waals surface area contributed by atoms with E-state index in [-0.39, 0.29) is 30.0 Å². The SMILES string of the molecule is COc1cc(C(=O)N(C)CCC(=O)O)cc([N+](=O)[O-])c1OC. The van der Waals surface area contributed by atoms with E-state index in [1.54, 1.807) is 0 Å². The van der Waals surface area contributed by atoms with Crippen molar-refractivity contribution >= 4 is 17.6 Å². The van der Waals surface area contributed by atoms with Crippen LogP contribution < -0.4 is 9.47 Å². The lowest BCUT2D eigenvalue weighted by molar-refractivity contribution is -0.385. The quantitative estimate of drug-likeness (QED) is 0.592. The molecule has 0 aromatic heterocycles. The van der Waals surface area contributed by atoms with Crippen molar-refractivity contribution in [2.24, 2.45) is 0 Å². The van der Waals surface area contributed by atoms with Crippen LogP contribution in [0, 0.1) is 10.1 Å². The predicted molar refractivity (Wildman–Crippen MR) is 75.4 cm³/mol. The van der Waals surface area contributed by atoms with Crippen molar-refractivity contribution < 1.29 is 29.1 Å². The predicted octanol–water partition coefficient (Wildman–Crippen LogP) is 1.16. The molecule has 22 heavy (non-hydrogen) atoms. The third kappa shape index (κ3) is 3.84. The summed E-state index contributed by atoms with van der Waals surface area (Å²) in [5, 5.41) is 19.7. The fraction of sp³-hybridized carbons (Fsp3) is 0.385. The van der Waals surface area contributed by atoms with Crippen LogP contribution in [0.1, 0.15) is 16.8 Å². The van der Waals surface area contributed by atoms with E-state index < -0.39 is 22.5 Å².